The van der Waals surface area contributed by atoms with Crippen LogP contribution in [0, 0.1) is 0 Å². The van der Waals surface area contributed by atoms with Crippen LogP contribution in [0.3, 0.4) is 0 Å². The SMILES string of the molecule is CCOC(=O)C(C)c1ccc(-n2sc3ccccc3c2=O)cc1. The van der Waals surface area contributed by atoms with Gasteiger partial charge in [0, 0.05) is 0 Å². The summed E-state index contributed by atoms with van der Waals surface area (Å²) < 4.78 is 7.67. The van der Waals surface area contributed by atoms with Crippen LogP contribution in [0.15, 0.2) is 53.3 Å². The molecule has 3 aromatic rings. The lowest BCUT2D eigenvalue weighted by molar-refractivity contribution is -0.144. The van der Waals surface area contributed by atoms with Gasteiger partial charge >= 0.3 is 5.97 Å². The van der Waals surface area contributed by atoms with Gasteiger partial charge in [-0.05, 0) is 43.7 Å². The third-order valence-electron chi connectivity index (χ3n) is 3.76. The van der Waals surface area contributed by atoms with Gasteiger partial charge in [0.2, 0.25) is 0 Å². The Morgan fingerprint density at radius 1 is 1.17 bits per heavy atom. The smallest absolute Gasteiger partial charge is 0.313 e. The van der Waals surface area contributed by atoms with E-state index in [1.165, 1.54) is 11.5 Å². The summed E-state index contributed by atoms with van der Waals surface area (Å²) in [5.74, 6) is -0.553. The van der Waals surface area contributed by atoms with E-state index in [1.807, 2.05) is 55.5 Å². The molecule has 4 nitrogen and oxygen atoms in total. The van der Waals surface area contributed by atoms with E-state index >= 15 is 0 Å². The molecule has 3 rings (SSSR count). The van der Waals surface area contributed by atoms with Crippen LogP contribution < -0.4 is 5.56 Å². The highest BCUT2D eigenvalue weighted by atomic mass is 32.1. The molecule has 0 N–H and O–H groups in total. The molecule has 1 aromatic heterocycles. The number of rotatable bonds is 4. The molecule has 1 heterocycles. The van der Waals surface area contributed by atoms with Gasteiger partial charge in [-0.1, -0.05) is 35.8 Å². The van der Waals surface area contributed by atoms with E-state index in [2.05, 4.69) is 0 Å². The molecular formula is C18H17NO3S. The van der Waals surface area contributed by atoms with Crippen molar-refractivity contribution in [3.8, 4) is 5.69 Å². The lowest BCUT2D eigenvalue weighted by Crippen LogP contribution is -2.13. The van der Waals surface area contributed by atoms with Crippen molar-refractivity contribution in [2.75, 3.05) is 6.61 Å². The summed E-state index contributed by atoms with van der Waals surface area (Å²) in [5.41, 5.74) is 1.66. The summed E-state index contributed by atoms with van der Waals surface area (Å²) in [5, 5.41) is 0.724. The summed E-state index contributed by atoms with van der Waals surface area (Å²) in [4.78, 5) is 24.2. The molecule has 0 aliphatic carbocycles. The third-order valence-corrected chi connectivity index (χ3v) is 4.87. The highest BCUT2D eigenvalue weighted by Gasteiger charge is 2.16. The molecule has 0 saturated heterocycles. The number of hydrogen-bond acceptors (Lipinski definition) is 4. The van der Waals surface area contributed by atoms with Crippen molar-refractivity contribution in [2.24, 2.45) is 0 Å². The quantitative estimate of drug-likeness (QED) is 0.686. The number of nitrogens with zero attached hydrogens (tertiary/aromatic N) is 1. The molecule has 0 aliphatic heterocycles. The highest BCUT2D eigenvalue weighted by Crippen LogP contribution is 2.22. The van der Waals surface area contributed by atoms with E-state index in [9.17, 15) is 9.59 Å². The van der Waals surface area contributed by atoms with Crippen molar-refractivity contribution in [1.29, 1.82) is 0 Å². The Morgan fingerprint density at radius 3 is 2.52 bits per heavy atom. The predicted molar refractivity (Wildman–Crippen MR) is 92.5 cm³/mol. The molecule has 0 radical (unpaired) electrons. The van der Waals surface area contributed by atoms with E-state index in [0.717, 1.165) is 21.3 Å². The van der Waals surface area contributed by atoms with E-state index in [-0.39, 0.29) is 17.4 Å². The van der Waals surface area contributed by atoms with Gasteiger partial charge in [-0.15, -0.1) is 0 Å². The zero-order chi connectivity index (χ0) is 16.4. The Balaban J connectivity index is 1.94. The first-order chi connectivity index (χ1) is 11.1. The number of aromatic nitrogens is 1. The van der Waals surface area contributed by atoms with Gasteiger partial charge in [0.05, 0.1) is 28.3 Å². The average molecular weight is 327 g/mol. The van der Waals surface area contributed by atoms with Crippen LogP contribution in [0.1, 0.15) is 25.3 Å². The highest BCUT2D eigenvalue weighted by molar-refractivity contribution is 7.14. The monoisotopic (exact) mass is 327 g/mol. The lowest BCUT2D eigenvalue weighted by Gasteiger charge is -2.11. The van der Waals surface area contributed by atoms with E-state index in [1.54, 1.807) is 10.9 Å². The number of carbonyl (C=O) groups excluding carboxylic acids is 1. The van der Waals surface area contributed by atoms with Gasteiger partial charge < -0.3 is 4.74 Å². The molecule has 5 heteroatoms. The summed E-state index contributed by atoms with van der Waals surface area (Å²) in [6.45, 7) is 3.98. The molecule has 23 heavy (non-hydrogen) atoms. The van der Waals surface area contributed by atoms with Crippen LogP contribution in [0.2, 0.25) is 0 Å². The normalized spacial score (nSPS) is 12.3. The minimum atomic E-state index is -0.317. The second kappa shape index (κ2) is 6.38. The minimum absolute atomic E-state index is 0.0169. The average Bonchev–Trinajstić information content (AvgIpc) is 2.92. The maximum absolute atomic E-state index is 12.4. The van der Waals surface area contributed by atoms with E-state index in [0.29, 0.717) is 6.61 Å². The summed E-state index contributed by atoms with van der Waals surface area (Å²) >= 11 is 1.42. The maximum Gasteiger partial charge on any atom is 0.313 e. The maximum atomic E-state index is 12.4. The first-order valence-corrected chi connectivity index (χ1v) is 8.27. The zero-order valence-corrected chi connectivity index (χ0v) is 13.8. The van der Waals surface area contributed by atoms with Crippen molar-refractivity contribution in [3.63, 3.8) is 0 Å². The fourth-order valence-electron chi connectivity index (χ4n) is 2.44. The van der Waals surface area contributed by atoms with Gasteiger partial charge in [0.15, 0.2) is 0 Å². The van der Waals surface area contributed by atoms with Crippen molar-refractivity contribution in [2.45, 2.75) is 19.8 Å². The fraction of sp³-hybridized carbons (Fsp3) is 0.222. The van der Waals surface area contributed by atoms with Gasteiger partial charge in [-0.3, -0.25) is 9.59 Å². The van der Waals surface area contributed by atoms with Crippen molar-refractivity contribution < 1.29 is 9.53 Å². The number of benzene rings is 2. The summed E-state index contributed by atoms with van der Waals surface area (Å²) in [7, 11) is 0. The summed E-state index contributed by atoms with van der Waals surface area (Å²) in [6.07, 6.45) is 0. The molecule has 1 atom stereocenters. The molecule has 1 unspecified atom stereocenters. The molecule has 0 aliphatic rings. The number of hydrogen-bond donors (Lipinski definition) is 0. The second-order valence-electron chi connectivity index (χ2n) is 5.25. The Kier molecular flexibility index (Phi) is 4.30. The number of carbonyl (C=O) groups is 1. The minimum Gasteiger partial charge on any atom is -0.466 e. The van der Waals surface area contributed by atoms with Gasteiger partial charge in [0.1, 0.15) is 0 Å². The molecule has 0 fully saturated rings. The zero-order valence-electron chi connectivity index (χ0n) is 13.0. The van der Waals surface area contributed by atoms with Crippen LogP contribution in [0.25, 0.3) is 15.8 Å². The van der Waals surface area contributed by atoms with E-state index < -0.39 is 0 Å². The topological polar surface area (TPSA) is 48.3 Å². The second-order valence-corrected chi connectivity index (χ2v) is 6.24. The molecule has 0 saturated carbocycles. The Morgan fingerprint density at radius 2 is 1.87 bits per heavy atom. The lowest BCUT2D eigenvalue weighted by atomic mass is 10.0. The first kappa shape index (κ1) is 15.5. The van der Waals surface area contributed by atoms with Crippen molar-refractivity contribution in [1.82, 2.24) is 3.96 Å². The molecule has 0 bridgehead atoms. The third kappa shape index (κ3) is 2.92. The van der Waals surface area contributed by atoms with Gasteiger partial charge in [0.25, 0.3) is 5.56 Å². The van der Waals surface area contributed by atoms with Crippen molar-refractivity contribution in [3.05, 3.63) is 64.4 Å². The van der Waals surface area contributed by atoms with Crippen LogP contribution in [-0.2, 0) is 9.53 Å². The first-order valence-electron chi connectivity index (χ1n) is 7.50. The molecule has 2 aromatic carbocycles. The van der Waals surface area contributed by atoms with Crippen LogP contribution in [-0.4, -0.2) is 16.5 Å². The molecule has 0 spiro atoms. The largest absolute Gasteiger partial charge is 0.466 e. The Hall–Kier alpha value is -2.40. The Labute approximate surface area is 138 Å². The van der Waals surface area contributed by atoms with Gasteiger partial charge in [-0.2, -0.15) is 0 Å². The number of fused-ring (bicyclic) bond motifs is 1. The fourth-order valence-corrected chi connectivity index (χ4v) is 3.44. The van der Waals surface area contributed by atoms with Crippen LogP contribution >= 0.6 is 11.5 Å². The molecule has 118 valence electrons. The van der Waals surface area contributed by atoms with Crippen LogP contribution in [0.4, 0.5) is 0 Å². The van der Waals surface area contributed by atoms with Crippen LogP contribution in [0.5, 0.6) is 0 Å². The number of ether oxygens (including phenoxy) is 1. The molecule has 0 amide bonds. The Bertz CT molecular complexity index is 893. The van der Waals surface area contributed by atoms with E-state index in [4.69, 9.17) is 4.74 Å². The van der Waals surface area contributed by atoms with Gasteiger partial charge in [-0.25, -0.2) is 3.96 Å². The summed E-state index contributed by atoms with van der Waals surface area (Å²) in [6, 6.07) is 15.0. The molecular weight excluding hydrogens is 310 g/mol. The van der Waals surface area contributed by atoms with Crippen molar-refractivity contribution >= 4 is 27.6 Å². The predicted octanol–water partition coefficient (Wildman–Crippen LogP) is 3.72. The number of esters is 1. The standard InChI is InChI=1S/C18H17NO3S/c1-3-22-18(21)12(2)13-8-10-14(11-9-13)19-17(20)15-6-4-5-7-16(15)23-19/h4-12H,3H2,1-2H3.